The number of halogens is 1. The fourth-order valence-corrected chi connectivity index (χ4v) is 1.57. The van der Waals surface area contributed by atoms with Crippen LogP contribution in [0, 0.1) is 0 Å². The third kappa shape index (κ3) is 2.89. The van der Waals surface area contributed by atoms with E-state index in [1.807, 2.05) is 32.9 Å². The Kier molecular flexibility index (Phi) is 3.78. The molecule has 0 spiro atoms. The molecule has 0 aliphatic heterocycles. The van der Waals surface area contributed by atoms with E-state index in [4.69, 9.17) is 22.1 Å². The molecule has 0 radical (unpaired) electrons. The third-order valence-electron chi connectivity index (χ3n) is 1.83. The Labute approximate surface area is 90.0 Å². The van der Waals surface area contributed by atoms with Crippen molar-refractivity contribution in [2.75, 3.05) is 0 Å². The molecule has 0 fully saturated rings. The molecule has 3 heteroatoms. The molecule has 0 aliphatic rings. The zero-order valence-electron chi connectivity index (χ0n) is 8.75. The van der Waals surface area contributed by atoms with Gasteiger partial charge >= 0.3 is 0 Å². The number of nitrogens with two attached hydrogens (primary N) is 1. The van der Waals surface area contributed by atoms with E-state index in [2.05, 4.69) is 0 Å². The van der Waals surface area contributed by atoms with Gasteiger partial charge in [0, 0.05) is 11.1 Å². The summed E-state index contributed by atoms with van der Waals surface area (Å²) in [5.41, 5.74) is 6.69. The van der Waals surface area contributed by atoms with Crippen LogP contribution in [0.3, 0.4) is 0 Å². The average Bonchev–Trinajstić information content (AvgIpc) is 2.01. The number of benzene rings is 1. The van der Waals surface area contributed by atoms with Crippen LogP contribution in [0.5, 0.6) is 5.75 Å². The molecule has 1 aromatic rings. The van der Waals surface area contributed by atoms with Crippen LogP contribution in [0.2, 0.25) is 5.02 Å². The quantitative estimate of drug-likeness (QED) is 0.837. The maximum atomic E-state index is 6.05. The number of hydrogen-bond acceptors (Lipinski definition) is 2. The standard InChI is InChI=1S/C11H16ClNO/c1-7(2)14-9-4-5-10(8(3)13)11(12)6-9/h4-8H,13H2,1-3H3/t8-/m1/s1. The second-order valence-corrected chi connectivity index (χ2v) is 4.05. The lowest BCUT2D eigenvalue weighted by Gasteiger charge is -2.13. The molecule has 2 nitrogen and oxygen atoms in total. The second-order valence-electron chi connectivity index (χ2n) is 3.64. The van der Waals surface area contributed by atoms with Gasteiger partial charge in [0.1, 0.15) is 5.75 Å². The summed E-state index contributed by atoms with van der Waals surface area (Å²) in [6.07, 6.45) is 0.159. The van der Waals surface area contributed by atoms with Crippen molar-refractivity contribution in [3.05, 3.63) is 28.8 Å². The molecule has 2 N–H and O–H groups in total. The van der Waals surface area contributed by atoms with Gasteiger partial charge in [-0.1, -0.05) is 17.7 Å². The van der Waals surface area contributed by atoms with Crippen LogP contribution in [-0.2, 0) is 0 Å². The van der Waals surface area contributed by atoms with Gasteiger partial charge in [-0.25, -0.2) is 0 Å². The molecule has 1 aromatic carbocycles. The molecule has 78 valence electrons. The predicted molar refractivity (Wildman–Crippen MR) is 59.8 cm³/mol. The van der Waals surface area contributed by atoms with E-state index < -0.39 is 0 Å². The van der Waals surface area contributed by atoms with Crippen molar-refractivity contribution in [2.24, 2.45) is 5.73 Å². The lowest BCUT2D eigenvalue weighted by Crippen LogP contribution is -2.08. The predicted octanol–water partition coefficient (Wildman–Crippen LogP) is 3.15. The Balaban J connectivity index is 2.89. The van der Waals surface area contributed by atoms with Crippen LogP contribution >= 0.6 is 11.6 Å². The minimum atomic E-state index is -0.0457. The highest BCUT2D eigenvalue weighted by molar-refractivity contribution is 6.31. The molecule has 0 saturated carbocycles. The molecular formula is C11H16ClNO. The topological polar surface area (TPSA) is 35.2 Å². The summed E-state index contributed by atoms with van der Waals surface area (Å²) in [7, 11) is 0. The van der Waals surface area contributed by atoms with Gasteiger partial charge in [0.15, 0.2) is 0 Å². The van der Waals surface area contributed by atoms with Crippen LogP contribution in [0.25, 0.3) is 0 Å². The lowest BCUT2D eigenvalue weighted by atomic mass is 10.1. The van der Waals surface area contributed by atoms with Crippen LogP contribution in [0.4, 0.5) is 0 Å². The molecule has 14 heavy (non-hydrogen) atoms. The molecular weight excluding hydrogens is 198 g/mol. The van der Waals surface area contributed by atoms with Crippen molar-refractivity contribution in [3.63, 3.8) is 0 Å². The summed E-state index contributed by atoms with van der Waals surface area (Å²) in [5, 5.41) is 0.665. The second kappa shape index (κ2) is 4.67. The first-order chi connectivity index (χ1) is 6.50. The highest BCUT2D eigenvalue weighted by Crippen LogP contribution is 2.26. The monoisotopic (exact) mass is 213 g/mol. The summed E-state index contributed by atoms with van der Waals surface area (Å²) < 4.78 is 5.50. The molecule has 0 aliphatic carbocycles. The van der Waals surface area contributed by atoms with Crippen molar-refractivity contribution in [2.45, 2.75) is 32.9 Å². The Bertz CT molecular complexity index is 310. The summed E-state index contributed by atoms with van der Waals surface area (Å²) in [5.74, 6) is 0.786. The van der Waals surface area contributed by atoms with Gasteiger partial charge in [0.2, 0.25) is 0 Å². The van der Waals surface area contributed by atoms with E-state index in [-0.39, 0.29) is 12.1 Å². The van der Waals surface area contributed by atoms with Crippen molar-refractivity contribution in [3.8, 4) is 5.75 Å². The van der Waals surface area contributed by atoms with E-state index in [0.717, 1.165) is 11.3 Å². The Morgan fingerprint density at radius 2 is 1.93 bits per heavy atom. The molecule has 0 bridgehead atoms. The summed E-state index contributed by atoms with van der Waals surface area (Å²) in [6, 6.07) is 5.56. The summed E-state index contributed by atoms with van der Waals surface area (Å²) in [6.45, 7) is 5.87. The van der Waals surface area contributed by atoms with E-state index >= 15 is 0 Å². The smallest absolute Gasteiger partial charge is 0.121 e. The van der Waals surface area contributed by atoms with E-state index in [9.17, 15) is 0 Å². The van der Waals surface area contributed by atoms with Gasteiger partial charge < -0.3 is 10.5 Å². The molecule has 1 rings (SSSR count). The maximum Gasteiger partial charge on any atom is 0.121 e. The number of ether oxygens (including phenoxy) is 1. The van der Waals surface area contributed by atoms with Gasteiger partial charge in [0.25, 0.3) is 0 Å². The van der Waals surface area contributed by atoms with Crippen LogP contribution < -0.4 is 10.5 Å². The molecule has 0 saturated heterocycles. The molecule has 0 heterocycles. The first-order valence-electron chi connectivity index (χ1n) is 4.72. The van der Waals surface area contributed by atoms with Gasteiger partial charge in [-0.2, -0.15) is 0 Å². The van der Waals surface area contributed by atoms with E-state index in [0.29, 0.717) is 5.02 Å². The van der Waals surface area contributed by atoms with Crippen molar-refractivity contribution < 1.29 is 4.74 Å². The normalized spacial score (nSPS) is 13.0. The maximum absolute atomic E-state index is 6.05. The Hall–Kier alpha value is -0.730. The molecule has 0 unspecified atom stereocenters. The van der Waals surface area contributed by atoms with Crippen LogP contribution in [0.1, 0.15) is 32.4 Å². The van der Waals surface area contributed by atoms with Crippen LogP contribution in [-0.4, -0.2) is 6.10 Å². The highest BCUT2D eigenvalue weighted by atomic mass is 35.5. The molecule has 0 aromatic heterocycles. The molecule has 1 atom stereocenters. The number of hydrogen-bond donors (Lipinski definition) is 1. The summed E-state index contributed by atoms with van der Waals surface area (Å²) >= 11 is 6.05. The van der Waals surface area contributed by atoms with Gasteiger partial charge in [-0.3, -0.25) is 0 Å². The first-order valence-corrected chi connectivity index (χ1v) is 5.10. The van der Waals surface area contributed by atoms with Gasteiger partial charge in [-0.15, -0.1) is 0 Å². The minimum absolute atomic E-state index is 0.0457. The lowest BCUT2D eigenvalue weighted by molar-refractivity contribution is 0.242. The largest absolute Gasteiger partial charge is 0.491 e. The minimum Gasteiger partial charge on any atom is -0.491 e. The zero-order chi connectivity index (χ0) is 10.7. The fourth-order valence-electron chi connectivity index (χ4n) is 1.22. The zero-order valence-corrected chi connectivity index (χ0v) is 9.51. The average molecular weight is 214 g/mol. The van der Waals surface area contributed by atoms with E-state index in [1.165, 1.54) is 0 Å². The van der Waals surface area contributed by atoms with Crippen molar-refractivity contribution in [1.82, 2.24) is 0 Å². The van der Waals surface area contributed by atoms with Crippen molar-refractivity contribution in [1.29, 1.82) is 0 Å². The van der Waals surface area contributed by atoms with Gasteiger partial charge in [-0.05, 0) is 38.5 Å². The van der Waals surface area contributed by atoms with Gasteiger partial charge in [0.05, 0.1) is 6.10 Å². The van der Waals surface area contributed by atoms with Crippen molar-refractivity contribution >= 4 is 11.6 Å². The van der Waals surface area contributed by atoms with Crippen LogP contribution in [0.15, 0.2) is 18.2 Å². The Morgan fingerprint density at radius 1 is 1.29 bits per heavy atom. The SMILES string of the molecule is CC(C)Oc1ccc([C@@H](C)N)c(Cl)c1. The van der Waals surface area contributed by atoms with E-state index in [1.54, 1.807) is 6.07 Å². The fraction of sp³-hybridized carbons (Fsp3) is 0.455. The first kappa shape index (κ1) is 11.3. The third-order valence-corrected chi connectivity index (χ3v) is 2.16. The summed E-state index contributed by atoms with van der Waals surface area (Å²) in [4.78, 5) is 0. The highest BCUT2D eigenvalue weighted by Gasteiger charge is 2.06. The molecule has 0 amide bonds. The number of rotatable bonds is 3. The Morgan fingerprint density at radius 3 is 2.36 bits per heavy atom.